The van der Waals surface area contributed by atoms with Gasteiger partial charge in [-0.25, -0.2) is 0 Å². The van der Waals surface area contributed by atoms with Crippen molar-refractivity contribution < 1.29 is 4.74 Å². The molecular formula is C16H33N3O. The van der Waals surface area contributed by atoms with Crippen molar-refractivity contribution in [2.45, 2.75) is 39.2 Å². The summed E-state index contributed by atoms with van der Waals surface area (Å²) in [6.45, 7) is 16.4. The van der Waals surface area contributed by atoms with Crippen molar-refractivity contribution in [1.82, 2.24) is 14.7 Å². The van der Waals surface area contributed by atoms with Gasteiger partial charge in [-0.15, -0.1) is 0 Å². The highest BCUT2D eigenvalue weighted by atomic mass is 16.5. The topological polar surface area (TPSA) is 19.0 Å². The van der Waals surface area contributed by atoms with E-state index in [0.717, 1.165) is 25.7 Å². The number of rotatable bonds is 4. The van der Waals surface area contributed by atoms with Gasteiger partial charge in [-0.2, -0.15) is 0 Å². The van der Waals surface area contributed by atoms with E-state index in [1.54, 1.807) is 7.11 Å². The third-order valence-electron chi connectivity index (χ3n) is 4.86. The lowest BCUT2D eigenvalue weighted by Gasteiger charge is -2.42. The summed E-state index contributed by atoms with van der Waals surface area (Å²) < 4.78 is 5.21. The SMILES string of the molecule is COCN1CCN(CC2CCN(C(C)(C)C)CC2)CC1. The minimum absolute atomic E-state index is 0.344. The van der Waals surface area contributed by atoms with Crippen molar-refractivity contribution in [2.75, 3.05) is 59.7 Å². The lowest BCUT2D eigenvalue weighted by Crippen LogP contribution is -2.50. The van der Waals surface area contributed by atoms with Gasteiger partial charge in [0.1, 0.15) is 0 Å². The van der Waals surface area contributed by atoms with Crippen molar-refractivity contribution in [2.24, 2.45) is 5.92 Å². The Balaban J connectivity index is 1.66. The second-order valence-electron chi connectivity index (χ2n) is 7.44. The van der Waals surface area contributed by atoms with E-state index >= 15 is 0 Å². The van der Waals surface area contributed by atoms with Gasteiger partial charge in [-0.3, -0.25) is 9.80 Å². The molecule has 0 aliphatic carbocycles. The van der Waals surface area contributed by atoms with Crippen LogP contribution in [-0.2, 0) is 4.74 Å². The highest BCUT2D eigenvalue weighted by Crippen LogP contribution is 2.24. The highest BCUT2D eigenvalue weighted by molar-refractivity contribution is 4.83. The molecule has 2 fully saturated rings. The predicted octanol–water partition coefficient (Wildman–Crippen LogP) is 1.72. The molecule has 0 aromatic rings. The Morgan fingerprint density at radius 3 is 1.95 bits per heavy atom. The van der Waals surface area contributed by atoms with E-state index in [0.29, 0.717) is 5.54 Å². The quantitative estimate of drug-likeness (QED) is 0.782. The van der Waals surface area contributed by atoms with Crippen LogP contribution in [0.2, 0.25) is 0 Å². The van der Waals surface area contributed by atoms with Gasteiger partial charge in [0, 0.05) is 45.4 Å². The van der Waals surface area contributed by atoms with Gasteiger partial charge >= 0.3 is 0 Å². The van der Waals surface area contributed by atoms with E-state index in [4.69, 9.17) is 4.74 Å². The van der Waals surface area contributed by atoms with Crippen LogP contribution in [0.3, 0.4) is 0 Å². The molecule has 0 aromatic heterocycles. The van der Waals surface area contributed by atoms with Gasteiger partial charge in [0.05, 0.1) is 6.73 Å². The Morgan fingerprint density at radius 1 is 0.900 bits per heavy atom. The standard InChI is InChI=1S/C16H33N3O/c1-16(2,3)19-7-5-15(6-8-19)13-17-9-11-18(12-10-17)14-20-4/h15H,5-14H2,1-4H3. The summed E-state index contributed by atoms with van der Waals surface area (Å²) in [6.07, 6.45) is 2.74. The molecule has 4 heteroatoms. The number of ether oxygens (including phenoxy) is 1. The Kier molecular flexibility index (Phi) is 5.84. The van der Waals surface area contributed by atoms with E-state index in [1.165, 1.54) is 45.6 Å². The fraction of sp³-hybridized carbons (Fsp3) is 1.00. The van der Waals surface area contributed by atoms with E-state index in [2.05, 4.69) is 35.5 Å². The van der Waals surface area contributed by atoms with Crippen LogP contribution in [0.25, 0.3) is 0 Å². The molecule has 2 rings (SSSR count). The molecule has 0 spiro atoms. The van der Waals surface area contributed by atoms with E-state index in [9.17, 15) is 0 Å². The van der Waals surface area contributed by atoms with Crippen LogP contribution in [0.4, 0.5) is 0 Å². The zero-order valence-corrected chi connectivity index (χ0v) is 13.9. The number of hydrogen-bond acceptors (Lipinski definition) is 4. The Hall–Kier alpha value is -0.160. The van der Waals surface area contributed by atoms with Crippen molar-refractivity contribution in [3.05, 3.63) is 0 Å². The van der Waals surface area contributed by atoms with Crippen molar-refractivity contribution in [1.29, 1.82) is 0 Å². The normalized spacial score (nSPS) is 25.2. The molecule has 0 N–H and O–H groups in total. The summed E-state index contributed by atoms with van der Waals surface area (Å²) in [6, 6.07) is 0. The minimum Gasteiger partial charge on any atom is -0.369 e. The lowest BCUT2D eigenvalue weighted by molar-refractivity contribution is 0.0168. The molecule has 118 valence electrons. The van der Waals surface area contributed by atoms with Gasteiger partial charge in [0.15, 0.2) is 0 Å². The van der Waals surface area contributed by atoms with E-state index < -0.39 is 0 Å². The largest absolute Gasteiger partial charge is 0.369 e. The summed E-state index contributed by atoms with van der Waals surface area (Å²) in [5.74, 6) is 0.905. The van der Waals surface area contributed by atoms with Crippen LogP contribution >= 0.6 is 0 Å². The minimum atomic E-state index is 0.344. The molecule has 2 heterocycles. The molecule has 2 aliphatic heterocycles. The van der Waals surface area contributed by atoms with Crippen LogP contribution in [0, 0.1) is 5.92 Å². The average molecular weight is 283 g/mol. The Labute approximate surface area is 125 Å². The third kappa shape index (κ3) is 4.69. The van der Waals surface area contributed by atoms with E-state index in [-0.39, 0.29) is 0 Å². The van der Waals surface area contributed by atoms with Crippen molar-refractivity contribution in [3.8, 4) is 0 Å². The van der Waals surface area contributed by atoms with Crippen LogP contribution in [0.1, 0.15) is 33.6 Å². The molecule has 20 heavy (non-hydrogen) atoms. The number of nitrogens with zero attached hydrogens (tertiary/aromatic N) is 3. The number of methoxy groups -OCH3 is 1. The molecule has 0 aromatic carbocycles. The molecule has 0 amide bonds. The van der Waals surface area contributed by atoms with Crippen molar-refractivity contribution >= 4 is 0 Å². The fourth-order valence-electron chi connectivity index (χ4n) is 3.44. The smallest absolute Gasteiger partial charge is 0.0987 e. The first-order chi connectivity index (χ1) is 9.49. The van der Waals surface area contributed by atoms with Gasteiger partial charge in [0.25, 0.3) is 0 Å². The molecule has 0 saturated carbocycles. The van der Waals surface area contributed by atoms with E-state index in [1.807, 2.05) is 0 Å². The summed E-state index contributed by atoms with van der Waals surface area (Å²) in [7, 11) is 1.79. The summed E-state index contributed by atoms with van der Waals surface area (Å²) in [4.78, 5) is 7.70. The predicted molar refractivity (Wildman–Crippen MR) is 83.9 cm³/mol. The third-order valence-corrected chi connectivity index (χ3v) is 4.86. The number of piperidine rings is 1. The van der Waals surface area contributed by atoms with Crippen molar-refractivity contribution in [3.63, 3.8) is 0 Å². The second-order valence-corrected chi connectivity index (χ2v) is 7.44. The number of hydrogen-bond donors (Lipinski definition) is 0. The number of likely N-dealkylation sites (tertiary alicyclic amines) is 1. The Bertz CT molecular complexity index is 274. The fourth-order valence-corrected chi connectivity index (χ4v) is 3.44. The number of piperazine rings is 1. The van der Waals surface area contributed by atoms with Gasteiger partial charge in [-0.05, 0) is 52.6 Å². The van der Waals surface area contributed by atoms with Crippen LogP contribution in [-0.4, -0.2) is 79.9 Å². The molecule has 0 radical (unpaired) electrons. The summed E-state index contributed by atoms with van der Waals surface area (Å²) >= 11 is 0. The zero-order valence-electron chi connectivity index (χ0n) is 13.9. The van der Waals surface area contributed by atoms with Crippen LogP contribution in [0.5, 0.6) is 0 Å². The first-order valence-corrected chi connectivity index (χ1v) is 8.18. The van der Waals surface area contributed by atoms with Gasteiger partial charge in [-0.1, -0.05) is 0 Å². The first-order valence-electron chi connectivity index (χ1n) is 8.18. The summed E-state index contributed by atoms with van der Waals surface area (Å²) in [5.41, 5.74) is 0.344. The lowest BCUT2D eigenvalue weighted by atomic mass is 9.92. The van der Waals surface area contributed by atoms with Crippen LogP contribution in [0.15, 0.2) is 0 Å². The zero-order chi connectivity index (χ0) is 14.6. The molecular weight excluding hydrogens is 250 g/mol. The molecule has 0 unspecified atom stereocenters. The monoisotopic (exact) mass is 283 g/mol. The highest BCUT2D eigenvalue weighted by Gasteiger charge is 2.28. The molecule has 4 nitrogen and oxygen atoms in total. The van der Waals surface area contributed by atoms with Gasteiger partial charge in [0.2, 0.25) is 0 Å². The maximum absolute atomic E-state index is 5.21. The van der Waals surface area contributed by atoms with Gasteiger partial charge < -0.3 is 9.64 Å². The average Bonchev–Trinajstić information content (AvgIpc) is 2.41. The maximum Gasteiger partial charge on any atom is 0.0987 e. The molecule has 0 atom stereocenters. The van der Waals surface area contributed by atoms with Crippen LogP contribution < -0.4 is 0 Å². The molecule has 2 aliphatic rings. The first kappa shape index (κ1) is 16.2. The Morgan fingerprint density at radius 2 is 1.45 bits per heavy atom. The second kappa shape index (κ2) is 7.21. The maximum atomic E-state index is 5.21. The summed E-state index contributed by atoms with van der Waals surface area (Å²) in [5, 5.41) is 0. The molecule has 0 bridgehead atoms. The molecule has 2 saturated heterocycles.